The van der Waals surface area contributed by atoms with Gasteiger partial charge in [0.2, 0.25) is 0 Å². The second-order valence-electron chi connectivity index (χ2n) is 6.00. The first-order chi connectivity index (χ1) is 12.9. The molecule has 0 spiro atoms. The normalized spacial score (nSPS) is 16.8. The average Bonchev–Trinajstić information content (AvgIpc) is 3.16. The van der Waals surface area contributed by atoms with Crippen molar-refractivity contribution in [2.24, 2.45) is 0 Å². The largest absolute Gasteiger partial charge is 0.493 e. The molecule has 3 rings (SSSR count). The highest BCUT2D eigenvalue weighted by Crippen LogP contribution is 2.32. The van der Waals surface area contributed by atoms with E-state index in [4.69, 9.17) is 25.8 Å². The minimum absolute atomic E-state index is 0.0141. The summed E-state index contributed by atoms with van der Waals surface area (Å²) in [5, 5.41) is 3.63. The molecule has 0 aromatic heterocycles. The van der Waals surface area contributed by atoms with Crippen LogP contribution in [0.2, 0.25) is 5.02 Å². The summed E-state index contributed by atoms with van der Waals surface area (Å²) >= 11 is 6.18. The standard InChI is InChI=1S/C18H21ClN2O5S/c1-24-16-6-4-14(10-18(16)25-2)27(22,23)21-12-3-5-15(19)17(9-12)26-13-7-8-20-11-13/h3-6,9-10,13,20-21H,7-8,11H2,1-2H3/t13-/m1/s1. The molecule has 2 aromatic carbocycles. The summed E-state index contributed by atoms with van der Waals surface area (Å²) in [5.41, 5.74) is 0.357. The molecule has 0 aliphatic carbocycles. The van der Waals surface area contributed by atoms with E-state index < -0.39 is 10.0 Å². The van der Waals surface area contributed by atoms with E-state index in [9.17, 15) is 8.42 Å². The molecule has 1 fully saturated rings. The van der Waals surface area contributed by atoms with Gasteiger partial charge in [0.1, 0.15) is 11.9 Å². The lowest BCUT2D eigenvalue weighted by atomic mass is 10.3. The van der Waals surface area contributed by atoms with Crippen molar-refractivity contribution < 1.29 is 22.6 Å². The predicted octanol–water partition coefficient (Wildman–Crippen LogP) is 2.90. The summed E-state index contributed by atoms with van der Waals surface area (Å²) in [6.45, 7) is 1.62. The van der Waals surface area contributed by atoms with Gasteiger partial charge < -0.3 is 19.5 Å². The molecule has 7 nitrogen and oxygen atoms in total. The van der Waals surface area contributed by atoms with E-state index in [0.29, 0.717) is 28.0 Å². The van der Waals surface area contributed by atoms with Gasteiger partial charge in [-0.3, -0.25) is 4.72 Å². The molecule has 1 saturated heterocycles. The minimum Gasteiger partial charge on any atom is -0.493 e. The van der Waals surface area contributed by atoms with Crippen molar-refractivity contribution in [3.63, 3.8) is 0 Å². The van der Waals surface area contributed by atoms with Crippen LogP contribution in [0.25, 0.3) is 0 Å². The zero-order valence-electron chi connectivity index (χ0n) is 15.0. The van der Waals surface area contributed by atoms with Crippen molar-refractivity contribution in [2.45, 2.75) is 17.4 Å². The number of nitrogens with one attached hydrogen (secondary N) is 2. The Kier molecular flexibility index (Phi) is 5.98. The van der Waals surface area contributed by atoms with E-state index in [1.807, 2.05) is 0 Å². The fourth-order valence-corrected chi connectivity index (χ4v) is 3.99. The first-order valence-corrected chi connectivity index (χ1v) is 10.2. The number of anilines is 1. The molecule has 0 saturated carbocycles. The number of sulfonamides is 1. The summed E-state index contributed by atoms with van der Waals surface area (Å²) in [6.07, 6.45) is 0.887. The van der Waals surface area contributed by atoms with Crippen LogP contribution in [0.3, 0.4) is 0 Å². The number of ether oxygens (including phenoxy) is 3. The van der Waals surface area contributed by atoms with Gasteiger partial charge in [0, 0.05) is 18.7 Å². The van der Waals surface area contributed by atoms with Gasteiger partial charge >= 0.3 is 0 Å². The van der Waals surface area contributed by atoms with E-state index >= 15 is 0 Å². The zero-order chi connectivity index (χ0) is 19.4. The van der Waals surface area contributed by atoms with Crippen LogP contribution >= 0.6 is 11.6 Å². The first kappa shape index (κ1) is 19.6. The maximum Gasteiger partial charge on any atom is 0.262 e. The van der Waals surface area contributed by atoms with E-state index in [1.165, 1.54) is 32.4 Å². The van der Waals surface area contributed by atoms with Crippen LogP contribution in [0.1, 0.15) is 6.42 Å². The van der Waals surface area contributed by atoms with Crippen molar-refractivity contribution in [1.82, 2.24) is 5.32 Å². The number of halogens is 1. The molecule has 2 aromatic rings. The molecule has 0 radical (unpaired) electrons. The summed E-state index contributed by atoms with van der Waals surface area (Å²) in [6, 6.07) is 9.15. The molecular weight excluding hydrogens is 392 g/mol. The van der Waals surface area contributed by atoms with Crippen molar-refractivity contribution in [2.75, 3.05) is 32.0 Å². The number of hydrogen-bond acceptors (Lipinski definition) is 6. The highest BCUT2D eigenvalue weighted by Gasteiger charge is 2.20. The highest BCUT2D eigenvalue weighted by molar-refractivity contribution is 7.92. The van der Waals surface area contributed by atoms with Gasteiger partial charge in [0.05, 0.1) is 29.8 Å². The zero-order valence-corrected chi connectivity index (χ0v) is 16.6. The molecule has 146 valence electrons. The molecular formula is C18H21ClN2O5S. The Morgan fingerprint density at radius 3 is 2.52 bits per heavy atom. The van der Waals surface area contributed by atoms with Crippen LogP contribution in [-0.4, -0.2) is 41.8 Å². The third kappa shape index (κ3) is 4.58. The van der Waals surface area contributed by atoms with Gasteiger partial charge in [0.15, 0.2) is 11.5 Å². The summed E-state index contributed by atoms with van der Waals surface area (Å²) in [5.74, 6) is 1.22. The van der Waals surface area contributed by atoms with Crippen molar-refractivity contribution in [3.8, 4) is 17.2 Å². The molecule has 1 aliphatic rings. The van der Waals surface area contributed by atoms with Gasteiger partial charge in [0.25, 0.3) is 10.0 Å². The van der Waals surface area contributed by atoms with Crippen LogP contribution in [0, 0.1) is 0 Å². The molecule has 0 bridgehead atoms. The van der Waals surface area contributed by atoms with Gasteiger partial charge in [-0.05, 0) is 37.2 Å². The Morgan fingerprint density at radius 2 is 1.85 bits per heavy atom. The van der Waals surface area contributed by atoms with E-state index in [2.05, 4.69) is 10.0 Å². The second kappa shape index (κ2) is 8.24. The Balaban J connectivity index is 1.83. The molecule has 0 unspecified atom stereocenters. The third-order valence-electron chi connectivity index (χ3n) is 4.16. The van der Waals surface area contributed by atoms with Crippen LogP contribution < -0.4 is 24.2 Å². The minimum atomic E-state index is -3.82. The van der Waals surface area contributed by atoms with Crippen molar-refractivity contribution in [3.05, 3.63) is 41.4 Å². The van der Waals surface area contributed by atoms with Crippen molar-refractivity contribution >= 4 is 27.3 Å². The molecule has 1 heterocycles. The Hall–Kier alpha value is -2.16. The lowest BCUT2D eigenvalue weighted by Gasteiger charge is -2.16. The molecule has 1 atom stereocenters. The van der Waals surface area contributed by atoms with E-state index in [-0.39, 0.29) is 11.0 Å². The van der Waals surface area contributed by atoms with Crippen LogP contribution in [-0.2, 0) is 10.0 Å². The van der Waals surface area contributed by atoms with E-state index in [0.717, 1.165) is 19.5 Å². The maximum absolute atomic E-state index is 12.7. The van der Waals surface area contributed by atoms with E-state index in [1.54, 1.807) is 18.2 Å². The third-order valence-corrected chi connectivity index (χ3v) is 5.85. The summed E-state index contributed by atoms with van der Waals surface area (Å²) in [7, 11) is -0.892. The van der Waals surface area contributed by atoms with Crippen LogP contribution in [0.5, 0.6) is 17.2 Å². The second-order valence-corrected chi connectivity index (χ2v) is 8.09. The highest BCUT2D eigenvalue weighted by atomic mass is 35.5. The number of methoxy groups -OCH3 is 2. The average molecular weight is 413 g/mol. The summed E-state index contributed by atoms with van der Waals surface area (Å²) in [4.78, 5) is 0.0533. The lowest BCUT2D eigenvalue weighted by molar-refractivity contribution is 0.223. The molecule has 2 N–H and O–H groups in total. The monoisotopic (exact) mass is 412 g/mol. The Labute approximate surface area is 163 Å². The van der Waals surface area contributed by atoms with Gasteiger partial charge in [-0.25, -0.2) is 8.42 Å². The number of rotatable bonds is 7. The van der Waals surface area contributed by atoms with Crippen molar-refractivity contribution in [1.29, 1.82) is 0 Å². The molecule has 9 heteroatoms. The fourth-order valence-electron chi connectivity index (χ4n) is 2.76. The quantitative estimate of drug-likeness (QED) is 0.727. The fraction of sp³-hybridized carbons (Fsp3) is 0.333. The van der Waals surface area contributed by atoms with Gasteiger partial charge in [-0.1, -0.05) is 11.6 Å². The maximum atomic E-state index is 12.7. The number of hydrogen-bond donors (Lipinski definition) is 2. The smallest absolute Gasteiger partial charge is 0.262 e. The van der Waals surface area contributed by atoms with Crippen LogP contribution in [0.15, 0.2) is 41.3 Å². The summed E-state index contributed by atoms with van der Waals surface area (Å²) < 4.78 is 44.2. The SMILES string of the molecule is COc1ccc(S(=O)(=O)Nc2ccc(Cl)c(O[C@@H]3CCNC3)c2)cc1OC. The predicted molar refractivity (Wildman–Crippen MR) is 104 cm³/mol. The molecule has 27 heavy (non-hydrogen) atoms. The topological polar surface area (TPSA) is 85.9 Å². The van der Waals surface area contributed by atoms with Gasteiger partial charge in [-0.2, -0.15) is 0 Å². The van der Waals surface area contributed by atoms with Gasteiger partial charge in [-0.15, -0.1) is 0 Å². The van der Waals surface area contributed by atoms with Crippen LogP contribution in [0.4, 0.5) is 5.69 Å². The Morgan fingerprint density at radius 1 is 1.07 bits per heavy atom. The Bertz CT molecular complexity index is 914. The lowest BCUT2D eigenvalue weighted by Crippen LogP contribution is -2.20. The molecule has 0 amide bonds. The first-order valence-electron chi connectivity index (χ1n) is 8.34. The number of benzene rings is 2. The molecule has 1 aliphatic heterocycles.